The number of hydrogen-bond acceptors (Lipinski definition) is 4. The summed E-state index contributed by atoms with van der Waals surface area (Å²) in [6.45, 7) is 2.24. The summed E-state index contributed by atoms with van der Waals surface area (Å²) in [5.41, 5.74) is 0. The van der Waals surface area contributed by atoms with E-state index in [1.165, 1.54) is 69.1 Å². The zero-order valence-corrected chi connectivity index (χ0v) is 21.2. The second-order valence-electron chi connectivity index (χ2n) is 7.07. The fourth-order valence-electron chi connectivity index (χ4n) is 2.86. The van der Waals surface area contributed by atoms with Crippen LogP contribution in [0.15, 0.2) is 0 Å². The van der Waals surface area contributed by atoms with Crippen molar-refractivity contribution >= 4 is 16.0 Å². The van der Waals surface area contributed by atoms with Crippen molar-refractivity contribution in [1.82, 2.24) is 4.90 Å². The maximum atomic E-state index is 11.8. The molecule has 0 fully saturated rings. The summed E-state index contributed by atoms with van der Waals surface area (Å²) in [4.78, 5) is 13.1. The van der Waals surface area contributed by atoms with E-state index in [0.29, 0.717) is 6.42 Å². The molecule has 0 saturated carbocycles. The number of unbranched alkanes of at least 4 members (excludes halogenated alkanes) is 12. The van der Waals surface area contributed by atoms with Gasteiger partial charge in [-0.15, -0.1) is 0 Å². The van der Waals surface area contributed by atoms with Gasteiger partial charge in [0.2, 0.25) is 5.91 Å². The largest absolute Gasteiger partial charge is 1.00 e. The molecule has 0 aromatic carbocycles. The van der Waals surface area contributed by atoms with E-state index in [1.54, 1.807) is 7.05 Å². The Hall–Kier alpha value is 1.02. The van der Waals surface area contributed by atoms with Gasteiger partial charge in [-0.3, -0.25) is 4.79 Å². The fraction of sp³-hybridized carbons (Fsp3) is 0.947. The molecule has 0 bridgehead atoms. The van der Waals surface area contributed by atoms with Crippen LogP contribution in [0.2, 0.25) is 0 Å². The van der Waals surface area contributed by atoms with E-state index in [4.69, 9.17) is 0 Å². The molecule has 0 atom stereocenters. The molecule has 0 unspecified atom stereocenters. The van der Waals surface area contributed by atoms with Crippen molar-refractivity contribution in [3.63, 3.8) is 0 Å². The van der Waals surface area contributed by atoms with Gasteiger partial charge in [0.25, 0.3) is 0 Å². The van der Waals surface area contributed by atoms with Crippen molar-refractivity contribution in [2.24, 2.45) is 0 Å². The Labute approximate surface area is 204 Å². The van der Waals surface area contributed by atoms with Gasteiger partial charge in [0.15, 0.2) is 0 Å². The van der Waals surface area contributed by atoms with Gasteiger partial charge in [0.1, 0.15) is 0 Å². The van der Waals surface area contributed by atoms with Gasteiger partial charge in [0.05, 0.1) is 15.9 Å². The second-order valence-corrected chi connectivity index (χ2v) is 8.59. The third-order valence-electron chi connectivity index (χ3n) is 4.60. The maximum Gasteiger partial charge on any atom is 1.00 e. The first-order chi connectivity index (χ1) is 11.9. The molecule has 0 radical (unpaired) electrons. The molecule has 7 heteroatoms. The molecule has 150 valence electrons. The summed E-state index contributed by atoms with van der Waals surface area (Å²) in [5.74, 6) is -0.583. The van der Waals surface area contributed by atoms with E-state index in [1.807, 2.05) is 0 Å². The summed E-state index contributed by atoms with van der Waals surface area (Å²) in [6.07, 6.45) is 16.8. The van der Waals surface area contributed by atoms with Crippen LogP contribution in [0.5, 0.6) is 0 Å². The van der Waals surface area contributed by atoms with Gasteiger partial charge in [-0.2, -0.15) is 0 Å². The third kappa shape index (κ3) is 21.3. The summed E-state index contributed by atoms with van der Waals surface area (Å²) in [6, 6.07) is 0. The van der Waals surface area contributed by atoms with Crippen LogP contribution in [0.3, 0.4) is 0 Å². The summed E-state index contributed by atoms with van der Waals surface area (Å²) in [7, 11) is -2.69. The molecular formula is C19H38KNO4S. The van der Waals surface area contributed by atoms with Crippen LogP contribution in [0.4, 0.5) is 0 Å². The Morgan fingerprint density at radius 3 is 1.58 bits per heavy atom. The van der Waals surface area contributed by atoms with Crippen molar-refractivity contribution in [2.75, 3.05) is 19.3 Å². The zero-order valence-electron chi connectivity index (χ0n) is 17.3. The van der Waals surface area contributed by atoms with Crippen LogP contribution in [-0.4, -0.2) is 43.1 Å². The van der Waals surface area contributed by atoms with Crippen molar-refractivity contribution in [1.29, 1.82) is 0 Å². The molecular weight excluding hydrogens is 377 g/mol. The van der Waals surface area contributed by atoms with Crippen LogP contribution >= 0.6 is 0 Å². The fourth-order valence-corrected chi connectivity index (χ4v) is 3.36. The van der Waals surface area contributed by atoms with E-state index in [2.05, 4.69) is 6.92 Å². The molecule has 0 aliphatic rings. The van der Waals surface area contributed by atoms with Gasteiger partial charge in [-0.05, 0) is 6.42 Å². The van der Waals surface area contributed by atoms with Crippen molar-refractivity contribution in [3.05, 3.63) is 0 Å². The number of hydrogen-bond donors (Lipinski definition) is 0. The Morgan fingerprint density at radius 1 is 0.808 bits per heavy atom. The average Bonchev–Trinajstić information content (AvgIpc) is 2.56. The minimum absolute atomic E-state index is 0. The number of carbonyl (C=O) groups is 1. The molecule has 26 heavy (non-hydrogen) atoms. The van der Waals surface area contributed by atoms with Gasteiger partial charge in [0, 0.05) is 20.0 Å². The Morgan fingerprint density at radius 2 is 1.19 bits per heavy atom. The third-order valence-corrected chi connectivity index (χ3v) is 5.28. The minimum Gasteiger partial charge on any atom is -0.748 e. The van der Waals surface area contributed by atoms with E-state index in [0.717, 1.165) is 19.3 Å². The molecule has 0 aromatic heterocycles. The monoisotopic (exact) mass is 415 g/mol. The van der Waals surface area contributed by atoms with Crippen molar-refractivity contribution in [3.8, 4) is 0 Å². The van der Waals surface area contributed by atoms with Crippen LogP contribution in [0.1, 0.15) is 96.8 Å². The first kappa shape index (κ1) is 29.2. The van der Waals surface area contributed by atoms with E-state index < -0.39 is 15.9 Å². The standard InChI is InChI=1S/C19H39NO4S.K/c1-3-4-5-6-7-8-9-10-11-12-13-14-15-16-19(21)20(2)17-18-25(22,23)24;/h3-18H2,1-2H3,(H,22,23,24);/q;+1/p-1. The molecule has 0 N–H and O–H groups in total. The Kier molecular flexibility index (Phi) is 21.7. The summed E-state index contributed by atoms with van der Waals surface area (Å²) < 4.78 is 31.7. The van der Waals surface area contributed by atoms with E-state index >= 15 is 0 Å². The Bertz CT molecular complexity index is 429. The second kappa shape index (κ2) is 19.3. The van der Waals surface area contributed by atoms with Gasteiger partial charge >= 0.3 is 51.4 Å². The van der Waals surface area contributed by atoms with Gasteiger partial charge in [-0.25, -0.2) is 8.42 Å². The number of carbonyl (C=O) groups excluding carboxylic acids is 1. The van der Waals surface area contributed by atoms with Crippen molar-refractivity contribution in [2.45, 2.75) is 96.8 Å². The molecule has 0 heterocycles. The quantitative estimate of drug-likeness (QED) is 0.205. The molecule has 5 nitrogen and oxygen atoms in total. The van der Waals surface area contributed by atoms with Crippen LogP contribution in [0.25, 0.3) is 0 Å². The molecule has 1 amide bonds. The average molecular weight is 416 g/mol. The van der Waals surface area contributed by atoms with Crippen LogP contribution < -0.4 is 51.4 Å². The molecule has 0 aliphatic heterocycles. The molecule has 0 saturated heterocycles. The number of rotatable bonds is 17. The van der Waals surface area contributed by atoms with Crippen molar-refractivity contribution < 1.29 is 69.1 Å². The summed E-state index contributed by atoms with van der Waals surface area (Å²) >= 11 is 0. The molecule has 0 aliphatic carbocycles. The Balaban J connectivity index is 0. The molecule has 0 aromatic rings. The molecule has 0 spiro atoms. The normalized spacial score (nSPS) is 11.2. The minimum atomic E-state index is -4.25. The smallest absolute Gasteiger partial charge is 0.748 e. The topological polar surface area (TPSA) is 77.5 Å². The summed E-state index contributed by atoms with van der Waals surface area (Å²) in [5, 5.41) is 0. The van der Waals surface area contributed by atoms with Crippen LogP contribution in [0, 0.1) is 0 Å². The zero-order chi connectivity index (χ0) is 19.0. The maximum absolute atomic E-state index is 11.8. The predicted octanol–water partition coefficient (Wildman–Crippen LogP) is 1.48. The predicted molar refractivity (Wildman–Crippen MR) is 103 cm³/mol. The SMILES string of the molecule is CCCCCCCCCCCCCCCC(=O)N(C)CCS(=O)(=O)[O-].[K+]. The number of amides is 1. The van der Waals surface area contributed by atoms with E-state index in [9.17, 15) is 17.8 Å². The number of nitrogens with zero attached hydrogens (tertiary/aromatic N) is 1. The van der Waals surface area contributed by atoms with Crippen LogP contribution in [-0.2, 0) is 14.9 Å². The first-order valence-corrected chi connectivity index (χ1v) is 11.6. The molecule has 0 rings (SSSR count). The first-order valence-electron chi connectivity index (χ1n) is 10.0. The van der Waals surface area contributed by atoms with Gasteiger partial charge < -0.3 is 9.45 Å². The van der Waals surface area contributed by atoms with Gasteiger partial charge in [-0.1, -0.05) is 84.0 Å². The van der Waals surface area contributed by atoms with E-state index in [-0.39, 0.29) is 63.8 Å².